The molecule has 0 atom stereocenters. The molecule has 0 fully saturated rings. The summed E-state index contributed by atoms with van der Waals surface area (Å²) in [6.45, 7) is 0. The first-order valence-electron chi connectivity index (χ1n) is 8.77. The van der Waals surface area contributed by atoms with E-state index in [9.17, 15) is 15.3 Å². The van der Waals surface area contributed by atoms with Crippen molar-refractivity contribution in [2.75, 3.05) is 0 Å². The molecule has 0 unspecified atom stereocenters. The fraction of sp³-hybridized carbons (Fsp3) is 0. The third-order valence-electron chi connectivity index (χ3n) is 3.97. The largest absolute Gasteiger partial charge is 2.00 e. The molecule has 7 heteroatoms. The smallest absolute Gasteiger partial charge is 0.872 e. The van der Waals surface area contributed by atoms with Gasteiger partial charge in [0.05, 0.1) is 6.21 Å². The Labute approximate surface area is 183 Å². The van der Waals surface area contributed by atoms with E-state index in [1.165, 1.54) is 24.4 Å². The van der Waals surface area contributed by atoms with Crippen molar-refractivity contribution < 1.29 is 31.8 Å². The normalized spacial score (nSPS) is 10.9. The minimum atomic E-state index is -0.674. The molecule has 0 radical (unpaired) electrons. The second-order valence-corrected chi connectivity index (χ2v) is 5.89. The summed E-state index contributed by atoms with van der Waals surface area (Å²) in [6, 6.07) is 22.4. The maximum Gasteiger partial charge on any atom is 2.00 e. The molecule has 30 heavy (non-hydrogen) atoms. The quantitative estimate of drug-likeness (QED) is 0.228. The van der Waals surface area contributed by atoms with E-state index in [0.29, 0.717) is 5.56 Å². The van der Waals surface area contributed by atoms with Gasteiger partial charge in [0.2, 0.25) is 0 Å². The maximum absolute atomic E-state index is 12.0. The molecule has 0 saturated carbocycles. The molecule has 0 saturated heterocycles. The van der Waals surface area contributed by atoms with Crippen molar-refractivity contribution >= 4 is 22.9 Å². The fourth-order valence-corrected chi connectivity index (χ4v) is 2.57. The summed E-state index contributed by atoms with van der Waals surface area (Å²) in [5, 5.41) is 42.3. The number of rotatable bonds is 3. The monoisotopic (exact) mass is 441 g/mol. The van der Waals surface area contributed by atoms with Crippen LogP contribution in [-0.2, 0) is 16.5 Å². The van der Waals surface area contributed by atoms with Gasteiger partial charge in [-0.2, -0.15) is 10.2 Å². The first-order valence-corrected chi connectivity index (χ1v) is 8.77. The van der Waals surface area contributed by atoms with Crippen molar-refractivity contribution in [2.24, 2.45) is 10.2 Å². The van der Waals surface area contributed by atoms with Gasteiger partial charge in [-0.3, -0.25) is 4.98 Å². The summed E-state index contributed by atoms with van der Waals surface area (Å²) in [5.74, 6) is -1.03. The second-order valence-electron chi connectivity index (χ2n) is 5.89. The average Bonchev–Trinajstić information content (AvgIpc) is 2.77. The van der Waals surface area contributed by atoms with Gasteiger partial charge >= 0.3 is 16.5 Å². The standard InChI is InChI=1S/C18H14N2O3.C5H5N.Ni/c21-16-8-4-3-7-14(16)18(23)20-19-11-15-13-6-2-1-5-12(13)9-10-17(15)22;1-2-4-6-5-3-1;/h1-11,21-22H,(H,20,23);1-5H;/q;;+2/p-2/b19-11+;;. The van der Waals surface area contributed by atoms with E-state index in [4.69, 9.17) is 0 Å². The number of aromatic hydroxyl groups is 1. The first-order chi connectivity index (χ1) is 14.2. The summed E-state index contributed by atoms with van der Waals surface area (Å²) >= 11 is 0. The van der Waals surface area contributed by atoms with Crippen molar-refractivity contribution in [2.45, 2.75) is 0 Å². The van der Waals surface area contributed by atoms with Crippen molar-refractivity contribution in [1.29, 1.82) is 0 Å². The van der Waals surface area contributed by atoms with Gasteiger partial charge in [-0.25, -0.2) is 0 Å². The van der Waals surface area contributed by atoms with E-state index in [1.807, 2.05) is 42.5 Å². The van der Waals surface area contributed by atoms with Crippen LogP contribution in [0, 0.1) is 0 Å². The second kappa shape index (κ2) is 11.3. The number of para-hydroxylation sites is 1. The number of pyridine rings is 1. The molecule has 3 aromatic carbocycles. The number of phenolic OH excluding ortho intramolecular Hbond substituents is 1. The van der Waals surface area contributed by atoms with Crippen molar-refractivity contribution in [3.63, 3.8) is 0 Å². The Bertz CT molecular complexity index is 1120. The van der Waals surface area contributed by atoms with Crippen LogP contribution < -0.4 is 10.2 Å². The zero-order chi connectivity index (χ0) is 20.5. The molecule has 0 aliphatic heterocycles. The Hall–Kier alpha value is -3.70. The van der Waals surface area contributed by atoms with E-state index >= 15 is 0 Å². The van der Waals surface area contributed by atoms with Gasteiger partial charge < -0.3 is 15.3 Å². The van der Waals surface area contributed by atoms with Gasteiger partial charge in [0.15, 0.2) is 0 Å². The van der Waals surface area contributed by atoms with Gasteiger partial charge in [0.25, 0.3) is 0 Å². The number of phenols is 1. The Morgan fingerprint density at radius 1 is 0.867 bits per heavy atom. The van der Waals surface area contributed by atoms with Crippen LogP contribution in [0.4, 0.5) is 0 Å². The molecular formula is C23H17N3NiO3. The molecule has 152 valence electrons. The molecule has 4 aromatic rings. The summed E-state index contributed by atoms with van der Waals surface area (Å²) in [4.78, 5) is 3.78. The molecule has 1 heterocycles. The Balaban J connectivity index is 0.000000395. The summed E-state index contributed by atoms with van der Waals surface area (Å²) < 4.78 is 0. The molecule has 0 amide bonds. The third-order valence-corrected chi connectivity index (χ3v) is 3.97. The number of fused-ring (bicyclic) bond motifs is 1. The molecule has 0 aliphatic carbocycles. The maximum atomic E-state index is 12.0. The molecular weight excluding hydrogens is 425 g/mol. The molecule has 0 aliphatic rings. The van der Waals surface area contributed by atoms with Crippen LogP contribution in [0.1, 0.15) is 11.1 Å². The molecule has 1 aromatic heterocycles. The molecule has 0 spiro atoms. The zero-order valence-electron chi connectivity index (χ0n) is 15.7. The van der Waals surface area contributed by atoms with E-state index in [2.05, 4.69) is 15.2 Å². The van der Waals surface area contributed by atoms with Gasteiger partial charge in [0, 0.05) is 23.9 Å². The van der Waals surface area contributed by atoms with Gasteiger partial charge in [0.1, 0.15) is 5.75 Å². The molecule has 4 rings (SSSR count). The van der Waals surface area contributed by atoms with Crippen molar-refractivity contribution in [3.8, 4) is 11.5 Å². The van der Waals surface area contributed by atoms with Crippen LogP contribution in [0.5, 0.6) is 11.5 Å². The number of hydrogen-bond donors (Lipinski definition) is 1. The number of nitrogens with zero attached hydrogens (tertiary/aromatic N) is 3. The Morgan fingerprint density at radius 2 is 1.57 bits per heavy atom. The number of hydrogen-bond acceptors (Lipinski definition) is 6. The fourth-order valence-electron chi connectivity index (χ4n) is 2.57. The topological polar surface area (TPSA) is 104 Å². The van der Waals surface area contributed by atoms with Crippen LogP contribution >= 0.6 is 0 Å². The minimum Gasteiger partial charge on any atom is -0.872 e. The SMILES string of the molecule is [Ni+2].[O-]/C(=N\N=C\c1c([O-])ccc2ccccc12)c1ccccc1O.c1ccncc1. The summed E-state index contributed by atoms with van der Waals surface area (Å²) in [7, 11) is 0. The predicted octanol–water partition coefficient (Wildman–Crippen LogP) is 2.84. The molecule has 1 N–H and O–H groups in total. The van der Waals surface area contributed by atoms with E-state index in [1.54, 1.807) is 30.6 Å². The summed E-state index contributed by atoms with van der Waals surface area (Å²) in [5.41, 5.74) is 0.432. The van der Waals surface area contributed by atoms with Crippen LogP contribution in [0.25, 0.3) is 10.8 Å². The van der Waals surface area contributed by atoms with E-state index in [0.717, 1.165) is 10.8 Å². The van der Waals surface area contributed by atoms with Crippen LogP contribution in [0.3, 0.4) is 0 Å². The van der Waals surface area contributed by atoms with Crippen LogP contribution in [-0.4, -0.2) is 22.2 Å². The number of benzene rings is 3. The summed E-state index contributed by atoms with van der Waals surface area (Å²) in [6.07, 6.45) is 4.77. The minimum absolute atomic E-state index is 0. The van der Waals surface area contributed by atoms with E-state index < -0.39 is 5.90 Å². The van der Waals surface area contributed by atoms with E-state index in [-0.39, 0.29) is 33.6 Å². The Kier molecular flexibility index (Phi) is 8.54. The predicted molar refractivity (Wildman–Crippen MR) is 110 cm³/mol. The van der Waals surface area contributed by atoms with Crippen molar-refractivity contribution in [1.82, 2.24) is 4.98 Å². The van der Waals surface area contributed by atoms with Crippen LogP contribution in [0.2, 0.25) is 0 Å². The zero-order valence-corrected chi connectivity index (χ0v) is 16.6. The third kappa shape index (κ3) is 5.90. The van der Waals surface area contributed by atoms with Gasteiger partial charge in [-0.1, -0.05) is 66.4 Å². The average molecular weight is 442 g/mol. The Morgan fingerprint density at radius 3 is 2.23 bits per heavy atom. The van der Waals surface area contributed by atoms with Crippen LogP contribution in [0.15, 0.2) is 101 Å². The number of aromatic nitrogens is 1. The van der Waals surface area contributed by atoms with Crippen molar-refractivity contribution in [3.05, 3.63) is 102 Å². The molecule has 0 bridgehead atoms. The molecule has 6 nitrogen and oxygen atoms in total. The first kappa shape index (κ1) is 22.6. The van der Waals surface area contributed by atoms with Gasteiger partial charge in [-0.15, -0.1) is 0 Å². The van der Waals surface area contributed by atoms with Gasteiger partial charge in [-0.05, 0) is 34.5 Å².